The molecule has 1 fully saturated rings. The highest BCUT2D eigenvalue weighted by atomic mass is 32.1. The molecule has 0 spiro atoms. The van der Waals surface area contributed by atoms with E-state index < -0.39 is 5.60 Å². The van der Waals surface area contributed by atoms with Crippen molar-refractivity contribution in [1.29, 1.82) is 0 Å². The quantitative estimate of drug-likeness (QED) is 0.342. The Morgan fingerprint density at radius 2 is 1.56 bits per heavy atom. The summed E-state index contributed by atoms with van der Waals surface area (Å²) in [6, 6.07) is 27.3. The van der Waals surface area contributed by atoms with Crippen molar-refractivity contribution in [3.05, 3.63) is 107 Å². The van der Waals surface area contributed by atoms with Gasteiger partial charge in [-0.25, -0.2) is 4.98 Å². The number of thiazole rings is 1. The minimum absolute atomic E-state index is 0.00548. The minimum atomic E-state index is -1.10. The molecule has 0 unspecified atom stereocenters. The van der Waals surface area contributed by atoms with E-state index in [1.165, 1.54) is 11.3 Å². The van der Waals surface area contributed by atoms with Crippen molar-refractivity contribution >= 4 is 28.1 Å². The van der Waals surface area contributed by atoms with E-state index in [1.807, 2.05) is 89.8 Å². The number of ether oxygens (including phenoxy) is 1. The van der Waals surface area contributed by atoms with Crippen LogP contribution in [0.15, 0.2) is 90.3 Å². The standard InChI is InChI=1S/C29H29N3O3S/c1-35-25-14-12-24(13-15-25)30-28-31-26(20-36-28)27(33)32-18-16-23(17-19-32)29(34,21-8-4-2-5-9-21)22-10-6-3-7-11-22/h2-15,20,23,34H,16-19H2,1H3,(H,30,31). The number of nitrogens with one attached hydrogen (secondary N) is 1. The topological polar surface area (TPSA) is 74.7 Å². The van der Waals surface area contributed by atoms with Gasteiger partial charge in [0.05, 0.1) is 7.11 Å². The lowest BCUT2D eigenvalue weighted by Crippen LogP contribution is -2.46. The summed E-state index contributed by atoms with van der Waals surface area (Å²) in [5.41, 5.74) is 1.99. The fourth-order valence-electron chi connectivity index (χ4n) is 4.91. The smallest absolute Gasteiger partial charge is 0.273 e. The number of aromatic nitrogens is 1. The van der Waals surface area contributed by atoms with Gasteiger partial charge in [0.2, 0.25) is 0 Å². The van der Waals surface area contributed by atoms with E-state index in [2.05, 4.69) is 10.3 Å². The van der Waals surface area contributed by atoms with Gasteiger partial charge < -0.3 is 20.1 Å². The summed E-state index contributed by atoms with van der Waals surface area (Å²) in [5.74, 6) is 0.704. The number of carbonyl (C=O) groups is 1. The Hall–Kier alpha value is -3.68. The summed E-state index contributed by atoms with van der Waals surface area (Å²) in [4.78, 5) is 19.6. The molecule has 5 rings (SSSR count). The average Bonchev–Trinajstić information content (AvgIpc) is 3.42. The molecule has 4 aromatic rings. The molecule has 0 saturated carbocycles. The molecule has 0 atom stereocenters. The normalized spacial score (nSPS) is 14.4. The Bertz CT molecular complexity index is 1240. The molecule has 6 nitrogen and oxygen atoms in total. The van der Waals surface area contributed by atoms with Gasteiger partial charge in [0.1, 0.15) is 17.0 Å². The highest BCUT2D eigenvalue weighted by Gasteiger charge is 2.42. The van der Waals surface area contributed by atoms with Crippen LogP contribution < -0.4 is 10.1 Å². The molecule has 0 aliphatic carbocycles. The van der Waals surface area contributed by atoms with E-state index in [-0.39, 0.29) is 11.8 Å². The Labute approximate surface area is 215 Å². The number of piperidine rings is 1. The number of nitrogens with zero attached hydrogens (tertiary/aromatic N) is 2. The van der Waals surface area contributed by atoms with Gasteiger partial charge in [-0.05, 0) is 54.2 Å². The van der Waals surface area contributed by atoms with E-state index in [4.69, 9.17) is 4.74 Å². The van der Waals surface area contributed by atoms with Gasteiger partial charge in [0, 0.05) is 24.2 Å². The second-order valence-electron chi connectivity index (χ2n) is 8.96. The SMILES string of the molecule is COc1ccc(Nc2nc(C(=O)N3CCC(C(O)(c4ccccc4)c4ccccc4)CC3)cs2)cc1. The van der Waals surface area contributed by atoms with Crippen molar-refractivity contribution in [3.8, 4) is 5.75 Å². The zero-order valence-corrected chi connectivity index (χ0v) is 20.9. The largest absolute Gasteiger partial charge is 0.497 e. The third kappa shape index (κ3) is 4.85. The van der Waals surface area contributed by atoms with Crippen LogP contribution >= 0.6 is 11.3 Å². The predicted molar refractivity (Wildman–Crippen MR) is 143 cm³/mol. The lowest BCUT2D eigenvalue weighted by Gasteiger charge is -2.42. The highest BCUT2D eigenvalue weighted by molar-refractivity contribution is 7.14. The maximum absolute atomic E-state index is 13.2. The summed E-state index contributed by atoms with van der Waals surface area (Å²) < 4.78 is 5.19. The molecule has 0 bridgehead atoms. The molecule has 1 saturated heterocycles. The van der Waals surface area contributed by atoms with Crippen LogP contribution in [-0.4, -0.2) is 41.1 Å². The van der Waals surface area contributed by atoms with E-state index in [9.17, 15) is 9.90 Å². The van der Waals surface area contributed by atoms with Gasteiger partial charge in [0.25, 0.3) is 5.91 Å². The van der Waals surface area contributed by atoms with Crippen LogP contribution in [0, 0.1) is 5.92 Å². The molecule has 3 aromatic carbocycles. The Balaban J connectivity index is 1.27. The predicted octanol–water partition coefficient (Wildman–Crippen LogP) is 5.68. The molecule has 184 valence electrons. The van der Waals surface area contributed by atoms with Crippen molar-refractivity contribution in [2.45, 2.75) is 18.4 Å². The van der Waals surface area contributed by atoms with Crippen molar-refractivity contribution in [3.63, 3.8) is 0 Å². The molecule has 36 heavy (non-hydrogen) atoms. The van der Waals surface area contributed by atoms with Crippen LogP contribution in [0.1, 0.15) is 34.5 Å². The first-order valence-electron chi connectivity index (χ1n) is 12.1. The van der Waals surface area contributed by atoms with Gasteiger partial charge in [0.15, 0.2) is 5.13 Å². The van der Waals surface area contributed by atoms with Gasteiger partial charge >= 0.3 is 0 Å². The third-order valence-corrected chi connectivity index (χ3v) is 7.62. The summed E-state index contributed by atoms with van der Waals surface area (Å²) in [5, 5.41) is 17.8. The molecule has 2 heterocycles. The van der Waals surface area contributed by atoms with E-state index in [0.29, 0.717) is 36.8 Å². The highest BCUT2D eigenvalue weighted by Crippen LogP contribution is 2.42. The van der Waals surface area contributed by atoms with Crippen LogP contribution in [0.25, 0.3) is 0 Å². The van der Waals surface area contributed by atoms with Crippen LogP contribution in [0.3, 0.4) is 0 Å². The lowest BCUT2D eigenvalue weighted by atomic mass is 9.72. The Morgan fingerprint density at radius 3 is 2.11 bits per heavy atom. The first-order valence-corrected chi connectivity index (χ1v) is 12.9. The number of hydrogen-bond donors (Lipinski definition) is 2. The Kier molecular flexibility index (Phi) is 7.02. The van der Waals surface area contributed by atoms with Gasteiger partial charge in [-0.2, -0.15) is 0 Å². The van der Waals surface area contributed by atoms with E-state index in [1.54, 1.807) is 12.5 Å². The van der Waals surface area contributed by atoms with Crippen LogP contribution in [0.4, 0.5) is 10.8 Å². The minimum Gasteiger partial charge on any atom is -0.497 e. The summed E-state index contributed by atoms with van der Waals surface area (Å²) in [6.45, 7) is 1.15. The fraction of sp³-hybridized carbons (Fsp3) is 0.241. The maximum atomic E-state index is 13.2. The monoisotopic (exact) mass is 499 g/mol. The number of benzene rings is 3. The van der Waals surface area contributed by atoms with Crippen molar-refractivity contribution in [2.75, 3.05) is 25.5 Å². The molecule has 1 amide bonds. The molecular formula is C29H29N3O3S. The van der Waals surface area contributed by atoms with E-state index in [0.717, 1.165) is 22.6 Å². The van der Waals surface area contributed by atoms with E-state index >= 15 is 0 Å². The first-order chi connectivity index (χ1) is 17.6. The van der Waals surface area contributed by atoms with Crippen LogP contribution in [0.5, 0.6) is 5.75 Å². The number of carbonyl (C=O) groups excluding carboxylic acids is 1. The molecule has 1 aromatic heterocycles. The first kappa shape index (κ1) is 24.0. The van der Waals surface area contributed by atoms with Crippen molar-refractivity contribution in [2.24, 2.45) is 5.92 Å². The molecule has 0 radical (unpaired) electrons. The van der Waals surface area contributed by atoms with Crippen LogP contribution in [-0.2, 0) is 5.60 Å². The van der Waals surface area contributed by atoms with Crippen molar-refractivity contribution in [1.82, 2.24) is 9.88 Å². The second-order valence-corrected chi connectivity index (χ2v) is 9.81. The summed E-state index contributed by atoms with van der Waals surface area (Å²) in [6.07, 6.45) is 1.40. The molecule has 2 N–H and O–H groups in total. The molecular weight excluding hydrogens is 470 g/mol. The number of hydrogen-bond acceptors (Lipinski definition) is 6. The van der Waals surface area contributed by atoms with Gasteiger partial charge in [-0.3, -0.25) is 4.79 Å². The number of aliphatic hydroxyl groups is 1. The Morgan fingerprint density at radius 1 is 0.972 bits per heavy atom. The maximum Gasteiger partial charge on any atom is 0.273 e. The molecule has 7 heteroatoms. The van der Waals surface area contributed by atoms with Gasteiger partial charge in [-0.1, -0.05) is 60.7 Å². The average molecular weight is 500 g/mol. The third-order valence-electron chi connectivity index (χ3n) is 6.87. The number of anilines is 2. The zero-order valence-electron chi connectivity index (χ0n) is 20.1. The number of rotatable bonds is 7. The number of likely N-dealkylation sites (tertiary alicyclic amines) is 1. The van der Waals surface area contributed by atoms with Crippen LogP contribution in [0.2, 0.25) is 0 Å². The molecule has 1 aliphatic rings. The second kappa shape index (κ2) is 10.5. The van der Waals surface area contributed by atoms with Crippen molar-refractivity contribution < 1.29 is 14.6 Å². The number of methoxy groups -OCH3 is 1. The zero-order chi connectivity index (χ0) is 25.0. The lowest BCUT2D eigenvalue weighted by molar-refractivity contribution is -0.0123. The van der Waals surface area contributed by atoms with Gasteiger partial charge in [-0.15, -0.1) is 11.3 Å². The molecule has 1 aliphatic heterocycles. The fourth-order valence-corrected chi connectivity index (χ4v) is 5.62. The summed E-state index contributed by atoms with van der Waals surface area (Å²) in [7, 11) is 1.63. The number of amides is 1. The summed E-state index contributed by atoms with van der Waals surface area (Å²) >= 11 is 1.41.